The van der Waals surface area contributed by atoms with Crippen LogP contribution in [0.2, 0.25) is 0 Å². The average Bonchev–Trinajstić information content (AvgIpc) is 3.06. The van der Waals surface area contributed by atoms with Gasteiger partial charge in [0.1, 0.15) is 6.61 Å². The summed E-state index contributed by atoms with van der Waals surface area (Å²) < 4.78 is 5.65. The molecule has 29 heavy (non-hydrogen) atoms. The van der Waals surface area contributed by atoms with E-state index in [0.29, 0.717) is 6.42 Å². The Morgan fingerprint density at radius 3 is 2.17 bits per heavy atom. The van der Waals surface area contributed by atoms with Crippen molar-refractivity contribution in [3.63, 3.8) is 0 Å². The van der Waals surface area contributed by atoms with E-state index < -0.39 is 6.09 Å². The second-order valence-electron chi connectivity index (χ2n) is 7.39. The quantitative estimate of drug-likeness (QED) is 0.629. The van der Waals surface area contributed by atoms with Crippen LogP contribution in [0.1, 0.15) is 40.6 Å². The van der Waals surface area contributed by atoms with E-state index in [2.05, 4.69) is 29.6 Å². The summed E-state index contributed by atoms with van der Waals surface area (Å²) in [5, 5.41) is 12.4. The van der Waals surface area contributed by atoms with Crippen molar-refractivity contribution >= 4 is 6.09 Å². The van der Waals surface area contributed by atoms with Crippen molar-refractivity contribution in [1.29, 1.82) is 0 Å². The number of benzene rings is 3. The maximum atomic E-state index is 12.6. The Morgan fingerprint density at radius 2 is 1.55 bits per heavy atom. The molecule has 0 fully saturated rings. The topological polar surface area (TPSA) is 58.6 Å². The minimum Gasteiger partial charge on any atom is -0.449 e. The molecular formula is C25H25NO3. The average molecular weight is 387 g/mol. The Kier molecular flexibility index (Phi) is 5.63. The summed E-state index contributed by atoms with van der Waals surface area (Å²) in [5.74, 6) is 0.0305. The summed E-state index contributed by atoms with van der Waals surface area (Å²) in [6.07, 6.45) is -0.0248. The van der Waals surface area contributed by atoms with Crippen LogP contribution < -0.4 is 5.32 Å². The van der Waals surface area contributed by atoms with E-state index in [1.54, 1.807) is 0 Å². The van der Waals surface area contributed by atoms with Gasteiger partial charge in [-0.2, -0.15) is 0 Å². The molecule has 3 aromatic carbocycles. The van der Waals surface area contributed by atoms with E-state index in [9.17, 15) is 9.90 Å². The molecule has 0 saturated heterocycles. The fourth-order valence-electron chi connectivity index (χ4n) is 4.19. The maximum absolute atomic E-state index is 12.6. The summed E-state index contributed by atoms with van der Waals surface area (Å²) in [6.45, 7) is 2.27. The fraction of sp³-hybridized carbons (Fsp3) is 0.240. The molecule has 4 rings (SSSR count). The number of nitrogens with one attached hydrogen (secondary N) is 1. The molecule has 0 aromatic heterocycles. The van der Waals surface area contributed by atoms with Crippen molar-refractivity contribution < 1.29 is 14.6 Å². The fourth-order valence-corrected chi connectivity index (χ4v) is 4.19. The van der Waals surface area contributed by atoms with E-state index in [4.69, 9.17) is 4.74 Å². The highest BCUT2D eigenvalue weighted by atomic mass is 16.5. The summed E-state index contributed by atoms with van der Waals surface area (Å²) in [5.41, 5.74) is 6.85. The van der Waals surface area contributed by atoms with Crippen molar-refractivity contribution in [3.05, 3.63) is 95.1 Å². The first-order chi connectivity index (χ1) is 14.2. The Hall–Kier alpha value is -3.11. The first kappa shape index (κ1) is 19.2. The molecule has 1 aliphatic carbocycles. The molecule has 0 aliphatic heterocycles. The van der Waals surface area contributed by atoms with Gasteiger partial charge in [-0.1, -0.05) is 72.8 Å². The number of carbonyl (C=O) groups is 1. The molecule has 3 aromatic rings. The lowest BCUT2D eigenvalue weighted by Gasteiger charge is -2.21. The summed E-state index contributed by atoms with van der Waals surface area (Å²) in [6, 6.07) is 24.1. The molecule has 0 spiro atoms. The van der Waals surface area contributed by atoms with Crippen LogP contribution in [0.3, 0.4) is 0 Å². The van der Waals surface area contributed by atoms with E-state index in [-0.39, 0.29) is 25.2 Å². The number of rotatable bonds is 6. The Morgan fingerprint density at radius 1 is 0.966 bits per heavy atom. The normalized spacial score (nSPS) is 13.4. The van der Waals surface area contributed by atoms with Gasteiger partial charge < -0.3 is 15.2 Å². The van der Waals surface area contributed by atoms with Gasteiger partial charge in [0.15, 0.2) is 0 Å². The van der Waals surface area contributed by atoms with Crippen molar-refractivity contribution in [2.45, 2.75) is 25.3 Å². The number of fused-ring (bicyclic) bond motifs is 3. The second-order valence-corrected chi connectivity index (χ2v) is 7.39. The van der Waals surface area contributed by atoms with Crippen molar-refractivity contribution in [2.75, 3.05) is 13.2 Å². The Balaban J connectivity index is 1.48. The minimum atomic E-state index is -0.464. The van der Waals surface area contributed by atoms with E-state index in [1.807, 2.05) is 55.5 Å². The zero-order chi connectivity index (χ0) is 20.2. The first-order valence-electron chi connectivity index (χ1n) is 9.97. The van der Waals surface area contributed by atoms with Crippen LogP contribution in [0.5, 0.6) is 0 Å². The molecule has 148 valence electrons. The number of hydrogen-bond donors (Lipinski definition) is 2. The SMILES string of the molecule is Cc1ccccc1[C@@H](CCO)NC(=O)OCC1c2ccccc2-c2ccccc21. The maximum Gasteiger partial charge on any atom is 0.407 e. The number of amides is 1. The van der Waals surface area contributed by atoms with Crippen LogP contribution in [0, 0.1) is 6.92 Å². The third-order valence-corrected chi connectivity index (χ3v) is 5.62. The highest BCUT2D eigenvalue weighted by molar-refractivity contribution is 5.79. The van der Waals surface area contributed by atoms with E-state index in [0.717, 1.165) is 11.1 Å². The lowest BCUT2D eigenvalue weighted by Crippen LogP contribution is -2.31. The molecule has 2 N–H and O–H groups in total. The molecular weight excluding hydrogens is 362 g/mol. The molecule has 4 heteroatoms. The van der Waals surface area contributed by atoms with Crippen LogP contribution in [-0.4, -0.2) is 24.4 Å². The molecule has 1 amide bonds. The van der Waals surface area contributed by atoms with E-state index >= 15 is 0 Å². The number of aryl methyl sites for hydroxylation is 1. The number of ether oxygens (including phenoxy) is 1. The Labute approximate surface area is 171 Å². The van der Waals surface area contributed by atoms with Gasteiger partial charge in [-0.25, -0.2) is 4.79 Å². The zero-order valence-electron chi connectivity index (χ0n) is 16.5. The van der Waals surface area contributed by atoms with Crippen molar-refractivity contribution in [3.8, 4) is 11.1 Å². The molecule has 0 unspecified atom stereocenters. The molecule has 4 nitrogen and oxygen atoms in total. The lowest BCUT2D eigenvalue weighted by molar-refractivity contribution is 0.136. The third kappa shape index (κ3) is 3.89. The number of aliphatic hydroxyl groups excluding tert-OH is 1. The predicted octanol–water partition coefficient (Wildman–Crippen LogP) is 4.96. The zero-order valence-corrected chi connectivity index (χ0v) is 16.5. The standard InChI is InChI=1S/C25H25NO3/c1-17-8-2-3-9-18(17)24(14-15-27)26-25(28)29-16-23-21-12-6-4-10-19(21)20-11-5-7-13-22(20)23/h2-13,23-24,27H,14-16H2,1H3,(H,26,28)/t24-/m1/s1. The lowest BCUT2D eigenvalue weighted by atomic mass is 9.98. The first-order valence-corrected chi connectivity index (χ1v) is 9.97. The van der Waals surface area contributed by atoms with Crippen LogP contribution in [0.4, 0.5) is 4.79 Å². The van der Waals surface area contributed by atoms with Gasteiger partial charge in [-0.3, -0.25) is 0 Å². The van der Waals surface area contributed by atoms with Crippen molar-refractivity contribution in [1.82, 2.24) is 5.32 Å². The van der Waals surface area contributed by atoms with Gasteiger partial charge in [0.2, 0.25) is 0 Å². The minimum absolute atomic E-state index is 0.0113. The highest BCUT2D eigenvalue weighted by Gasteiger charge is 2.29. The van der Waals surface area contributed by atoms with Gasteiger partial charge >= 0.3 is 6.09 Å². The van der Waals surface area contributed by atoms with Gasteiger partial charge in [0, 0.05) is 12.5 Å². The van der Waals surface area contributed by atoms with Crippen LogP contribution in [0.25, 0.3) is 11.1 Å². The predicted molar refractivity (Wildman–Crippen MR) is 114 cm³/mol. The number of hydrogen-bond acceptors (Lipinski definition) is 3. The molecule has 0 bridgehead atoms. The van der Waals surface area contributed by atoms with Crippen molar-refractivity contribution in [2.24, 2.45) is 0 Å². The van der Waals surface area contributed by atoms with Gasteiger partial charge in [-0.05, 0) is 46.7 Å². The van der Waals surface area contributed by atoms with Crippen LogP contribution >= 0.6 is 0 Å². The summed E-state index contributed by atoms with van der Waals surface area (Å²) in [4.78, 5) is 12.6. The summed E-state index contributed by atoms with van der Waals surface area (Å²) in [7, 11) is 0. The van der Waals surface area contributed by atoms with Gasteiger partial charge in [-0.15, -0.1) is 0 Å². The molecule has 1 aliphatic rings. The second kappa shape index (κ2) is 8.50. The molecule has 1 atom stereocenters. The number of carbonyl (C=O) groups excluding carboxylic acids is 1. The number of alkyl carbamates (subject to hydrolysis) is 1. The van der Waals surface area contributed by atoms with Crippen LogP contribution in [0.15, 0.2) is 72.8 Å². The van der Waals surface area contributed by atoms with Gasteiger partial charge in [0.05, 0.1) is 6.04 Å². The molecule has 0 heterocycles. The van der Waals surface area contributed by atoms with Gasteiger partial charge in [0.25, 0.3) is 0 Å². The van der Waals surface area contributed by atoms with Crippen LogP contribution in [-0.2, 0) is 4.74 Å². The molecule has 0 saturated carbocycles. The summed E-state index contributed by atoms with van der Waals surface area (Å²) >= 11 is 0. The Bertz CT molecular complexity index is 969. The molecule has 0 radical (unpaired) electrons. The number of aliphatic hydroxyl groups is 1. The monoisotopic (exact) mass is 387 g/mol. The van der Waals surface area contributed by atoms with E-state index in [1.165, 1.54) is 22.3 Å². The highest BCUT2D eigenvalue weighted by Crippen LogP contribution is 2.44. The largest absolute Gasteiger partial charge is 0.449 e. The smallest absolute Gasteiger partial charge is 0.407 e. The third-order valence-electron chi connectivity index (χ3n) is 5.62.